The molecule has 1 amide bonds. The molecule has 7 heteroatoms. The lowest BCUT2D eigenvalue weighted by molar-refractivity contribution is -0.133. The summed E-state index contributed by atoms with van der Waals surface area (Å²) in [4.78, 5) is 20.8. The molecule has 2 heterocycles. The summed E-state index contributed by atoms with van der Waals surface area (Å²) in [6.07, 6.45) is 0.905. The van der Waals surface area contributed by atoms with E-state index in [1.165, 1.54) is 10.9 Å². The second kappa shape index (κ2) is 11.5. The summed E-state index contributed by atoms with van der Waals surface area (Å²) < 4.78 is 19.4. The summed E-state index contributed by atoms with van der Waals surface area (Å²) in [6.45, 7) is 5.71. The third kappa shape index (κ3) is 6.15. The van der Waals surface area contributed by atoms with Crippen LogP contribution in [0.5, 0.6) is 5.75 Å². The molecule has 0 spiro atoms. The Morgan fingerprint density at radius 1 is 1.06 bits per heavy atom. The van der Waals surface area contributed by atoms with Crippen molar-refractivity contribution >= 4 is 22.9 Å². The maximum atomic E-state index is 14.2. The highest BCUT2D eigenvalue weighted by Gasteiger charge is 2.26. The van der Waals surface area contributed by atoms with Crippen LogP contribution in [0, 0.1) is 5.82 Å². The second-order valence-electron chi connectivity index (χ2n) is 8.70. The average Bonchev–Trinajstić information content (AvgIpc) is 3.37. The number of amides is 1. The standard InChI is InChI=1S/C27H32FN3O2S/c1-21(18-24-6-5-17-34-24)31(19-22-9-11-23(33-2)12-10-22)20-27(32)30-15-13-29(14-16-30)26-8-4-3-7-25(26)28/h3-12,17,21H,13-16,18-20H2,1-2H3. The van der Waals surface area contributed by atoms with Crippen molar-refractivity contribution in [3.63, 3.8) is 0 Å². The lowest BCUT2D eigenvalue weighted by atomic mass is 10.1. The maximum Gasteiger partial charge on any atom is 0.236 e. The monoisotopic (exact) mass is 481 g/mol. The van der Waals surface area contributed by atoms with Gasteiger partial charge in [0.25, 0.3) is 0 Å². The SMILES string of the molecule is COc1ccc(CN(CC(=O)N2CCN(c3ccccc3F)CC2)C(C)Cc2cccs2)cc1. The van der Waals surface area contributed by atoms with Gasteiger partial charge < -0.3 is 14.5 Å². The first-order valence-electron chi connectivity index (χ1n) is 11.7. The Morgan fingerprint density at radius 2 is 1.79 bits per heavy atom. The number of carbonyl (C=O) groups excluding carboxylic acids is 1. The summed E-state index contributed by atoms with van der Waals surface area (Å²) in [5.74, 6) is 0.737. The van der Waals surface area contributed by atoms with Crippen molar-refractivity contribution in [1.29, 1.82) is 0 Å². The zero-order valence-corrected chi connectivity index (χ0v) is 20.6. The molecule has 5 nitrogen and oxygen atoms in total. The van der Waals surface area contributed by atoms with Gasteiger partial charge in [-0.3, -0.25) is 9.69 Å². The van der Waals surface area contributed by atoms with Crippen molar-refractivity contribution in [2.24, 2.45) is 0 Å². The molecule has 2 aromatic carbocycles. The summed E-state index contributed by atoms with van der Waals surface area (Å²) in [5.41, 5.74) is 1.76. The fourth-order valence-electron chi connectivity index (χ4n) is 4.36. The van der Waals surface area contributed by atoms with Gasteiger partial charge in [0.2, 0.25) is 5.91 Å². The molecule has 34 heavy (non-hydrogen) atoms. The van der Waals surface area contributed by atoms with E-state index in [9.17, 15) is 9.18 Å². The van der Waals surface area contributed by atoms with Gasteiger partial charge in [0, 0.05) is 43.6 Å². The normalized spacial score (nSPS) is 14.9. The Bertz CT molecular complexity index is 1050. The van der Waals surface area contributed by atoms with Gasteiger partial charge >= 0.3 is 0 Å². The Hall–Kier alpha value is -2.90. The van der Waals surface area contributed by atoms with Crippen LogP contribution in [-0.4, -0.2) is 61.6 Å². The Morgan fingerprint density at radius 3 is 2.44 bits per heavy atom. The van der Waals surface area contributed by atoms with Crippen LogP contribution in [0.25, 0.3) is 0 Å². The number of methoxy groups -OCH3 is 1. The number of para-hydroxylation sites is 1. The van der Waals surface area contributed by atoms with E-state index in [4.69, 9.17) is 4.74 Å². The van der Waals surface area contributed by atoms with E-state index in [1.54, 1.807) is 30.6 Å². The molecular weight excluding hydrogens is 449 g/mol. The fourth-order valence-corrected chi connectivity index (χ4v) is 5.19. The smallest absolute Gasteiger partial charge is 0.236 e. The van der Waals surface area contributed by atoms with Gasteiger partial charge in [-0.1, -0.05) is 30.3 Å². The number of nitrogens with zero attached hydrogens (tertiary/aromatic N) is 3. The first kappa shape index (κ1) is 24.2. The predicted molar refractivity (Wildman–Crippen MR) is 136 cm³/mol. The third-order valence-corrected chi connectivity index (χ3v) is 7.31. The molecule has 0 bridgehead atoms. The number of rotatable bonds is 9. The molecule has 3 aromatic rings. The molecule has 1 saturated heterocycles. The first-order valence-corrected chi connectivity index (χ1v) is 12.6. The minimum atomic E-state index is -0.213. The number of ether oxygens (including phenoxy) is 1. The zero-order valence-electron chi connectivity index (χ0n) is 19.8. The fraction of sp³-hybridized carbons (Fsp3) is 0.370. The van der Waals surface area contributed by atoms with Gasteiger partial charge in [0.05, 0.1) is 19.3 Å². The highest BCUT2D eigenvalue weighted by Crippen LogP contribution is 2.21. The molecule has 1 unspecified atom stereocenters. The Labute approximate surface area is 205 Å². The lowest BCUT2D eigenvalue weighted by Gasteiger charge is -2.38. The van der Waals surface area contributed by atoms with Crippen LogP contribution in [0.2, 0.25) is 0 Å². The number of thiophene rings is 1. The van der Waals surface area contributed by atoms with Crippen LogP contribution in [0.15, 0.2) is 66.0 Å². The van der Waals surface area contributed by atoms with Crippen molar-refractivity contribution in [1.82, 2.24) is 9.80 Å². The molecule has 1 fully saturated rings. The van der Waals surface area contributed by atoms with Crippen LogP contribution in [0.3, 0.4) is 0 Å². The van der Waals surface area contributed by atoms with E-state index in [2.05, 4.69) is 41.5 Å². The minimum absolute atomic E-state index is 0.125. The van der Waals surface area contributed by atoms with Gasteiger partial charge in [-0.15, -0.1) is 11.3 Å². The molecule has 1 aliphatic rings. The Kier molecular flexibility index (Phi) is 8.19. The second-order valence-corrected chi connectivity index (χ2v) is 9.74. The first-order chi connectivity index (χ1) is 16.5. The van der Waals surface area contributed by atoms with E-state index in [0.717, 1.165) is 17.7 Å². The van der Waals surface area contributed by atoms with Gasteiger partial charge in [0.15, 0.2) is 0 Å². The molecule has 0 saturated carbocycles. The molecule has 0 radical (unpaired) electrons. The molecule has 4 rings (SSSR count). The van der Waals surface area contributed by atoms with Crippen LogP contribution in [0.4, 0.5) is 10.1 Å². The van der Waals surface area contributed by atoms with Crippen molar-refractivity contribution in [3.05, 3.63) is 82.3 Å². The quantitative estimate of drug-likeness (QED) is 0.445. The number of piperazine rings is 1. The van der Waals surface area contributed by atoms with Crippen LogP contribution < -0.4 is 9.64 Å². The summed E-state index contributed by atoms with van der Waals surface area (Å²) in [5, 5.41) is 2.09. The van der Waals surface area contributed by atoms with Crippen molar-refractivity contribution in [2.45, 2.75) is 25.9 Å². The Balaban J connectivity index is 1.40. The molecule has 0 aliphatic carbocycles. The molecule has 1 aliphatic heterocycles. The zero-order chi connectivity index (χ0) is 23.9. The third-order valence-electron chi connectivity index (χ3n) is 6.41. The van der Waals surface area contributed by atoms with Crippen LogP contribution >= 0.6 is 11.3 Å². The predicted octanol–water partition coefficient (Wildman–Crippen LogP) is 4.68. The molecule has 1 atom stereocenters. The minimum Gasteiger partial charge on any atom is -0.497 e. The number of hydrogen-bond acceptors (Lipinski definition) is 5. The van der Waals surface area contributed by atoms with E-state index in [1.807, 2.05) is 28.0 Å². The van der Waals surface area contributed by atoms with Crippen molar-refractivity contribution in [2.75, 3.05) is 44.7 Å². The lowest BCUT2D eigenvalue weighted by Crippen LogP contribution is -2.52. The topological polar surface area (TPSA) is 36.0 Å². The summed E-state index contributed by atoms with van der Waals surface area (Å²) in [6, 6.07) is 19.3. The van der Waals surface area contributed by atoms with E-state index in [0.29, 0.717) is 45.0 Å². The van der Waals surface area contributed by atoms with Gasteiger partial charge in [-0.2, -0.15) is 0 Å². The highest BCUT2D eigenvalue weighted by atomic mass is 32.1. The largest absolute Gasteiger partial charge is 0.497 e. The van der Waals surface area contributed by atoms with Crippen LogP contribution in [-0.2, 0) is 17.8 Å². The van der Waals surface area contributed by atoms with E-state index >= 15 is 0 Å². The van der Waals surface area contributed by atoms with Crippen molar-refractivity contribution < 1.29 is 13.9 Å². The molecule has 0 N–H and O–H groups in total. The molecule has 1 aromatic heterocycles. The van der Waals surface area contributed by atoms with Crippen molar-refractivity contribution in [3.8, 4) is 5.75 Å². The summed E-state index contributed by atoms with van der Waals surface area (Å²) >= 11 is 1.75. The van der Waals surface area contributed by atoms with Gasteiger partial charge in [0.1, 0.15) is 11.6 Å². The van der Waals surface area contributed by atoms with Crippen LogP contribution in [0.1, 0.15) is 17.4 Å². The van der Waals surface area contributed by atoms with E-state index in [-0.39, 0.29) is 17.8 Å². The number of halogens is 1. The van der Waals surface area contributed by atoms with E-state index < -0.39 is 0 Å². The average molecular weight is 482 g/mol. The number of carbonyl (C=O) groups is 1. The number of benzene rings is 2. The number of hydrogen-bond donors (Lipinski definition) is 0. The molecule has 180 valence electrons. The maximum absolute atomic E-state index is 14.2. The number of anilines is 1. The summed E-state index contributed by atoms with van der Waals surface area (Å²) in [7, 11) is 1.66. The van der Waals surface area contributed by atoms with Gasteiger partial charge in [-0.05, 0) is 54.6 Å². The van der Waals surface area contributed by atoms with Gasteiger partial charge in [-0.25, -0.2) is 4.39 Å². The highest BCUT2D eigenvalue weighted by molar-refractivity contribution is 7.09. The molecular formula is C27H32FN3O2S.